The molecule has 1 aromatic carbocycles. The van der Waals surface area contributed by atoms with Crippen LogP contribution >= 0.6 is 11.6 Å². The average molecular weight is 499 g/mol. The highest BCUT2D eigenvalue weighted by Gasteiger charge is 2.36. The Hall–Kier alpha value is -2.71. The lowest BCUT2D eigenvalue weighted by Gasteiger charge is -2.37. The van der Waals surface area contributed by atoms with Gasteiger partial charge in [-0.15, -0.1) is 0 Å². The van der Waals surface area contributed by atoms with Gasteiger partial charge in [-0.1, -0.05) is 11.6 Å². The predicted molar refractivity (Wildman–Crippen MR) is 128 cm³/mol. The van der Waals surface area contributed by atoms with Crippen LogP contribution in [0.4, 0.5) is 4.39 Å². The van der Waals surface area contributed by atoms with Gasteiger partial charge in [-0.2, -0.15) is 5.10 Å². The first kappa shape index (κ1) is 22.7. The molecule has 1 saturated heterocycles. The first-order valence-corrected chi connectivity index (χ1v) is 12.6. The number of nitrogens with zero attached hydrogens (tertiary/aromatic N) is 4. The van der Waals surface area contributed by atoms with Crippen LogP contribution in [-0.4, -0.2) is 44.7 Å². The predicted octanol–water partition coefficient (Wildman–Crippen LogP) is 4.88. The fraction of sp³-hybridized carbons (Fsp3) is 0.500. The molecule has 184 valence electrons. The van der Waals surface area contributed by atoms with Crippen LogP contribution in [-0.2, 0) is 17.8 Å². The maximum absolute atomic E-state index is 14.1. The van der Waals surface area contributed by atoms with Crippen molar-refractivity contribution in [3.05, 3.63) is 57.2 Å². The highest BCUT2D eigenvalue weighted by atomic mass is 35.5. The van der Waals surface area contributed by atoms with Crippen LogP contribution in [0.1, 0.15) is 58.7 Å². The Labute approximate surface area is 208 Å². The van der Waals surface area contributed by atoms with Gasteiger partial charge in [-0.05, 0) is 63.5 Å². The van der Waals surface area contributed by atoms with Crippen molar-refractivity contribution in [1.82, 2.24) is 19.5 Å². The first-order valence-electron chi connectivity index (χ1n) is 12.2. The number of hydrogen-bond acceptors (Lipinski definition) is 5. The van der Waals surface area contributed by atoms with Crippen LogP contribution in [0.3, 0.4) is 0 Å². The van der Waals surface area contributed by atoms with Crippen LogP contribution in [0, 0.1) is 31.5 Å². The molecule has 1 aliphatic carbocycles. The topological polar surface area (TPSA) is 69.0 Å². The van der Waals surface area contributed by atoms with Crippen molar-refractivity contribution in [2.75, 3.05) is 13.2 Å². The number of hydrogen-bond donors (Lipinski definition) is 0. The standard InChI is InChI=1S/C26H28ClFN4O3/c1-14-24(27)15(2)32-25(29-14)21-11-31(12-22(21)30-32)26(33)20-4-3-18(28)10-23(20)35-19-8-17(9-19)7-16-5-6-34-13-16/h3-4,10,16-17,19H,5-9,11-13H2,1-2H3. The van der Waals surface area contributed by atoms with E-state index in [2.05, 4.69) is 10.1 Å². The monoisotopic (exact) mass is 498 g/mol. The van der Waals surface area contributed by atoms with Crippen molar-refractivity contribution in [3.63, 3.8) is 0 Å². The summed E-state index contributed by atoms with van der Waals surface area (Å²) in [5.41, 5.74) is 4.39. The third-order valence-corrected chi connectivity index (χ3v) is 8.14. The van der Waals surface area contributed by atoms with E-state index >= 15 is 0 Å². The largest absolute Gasteiger partial charge is 0.489 e. The summed E-state index contributed by atoms with van der Waals surface area (Å²) in [7, 11) is 0. The molecule has 7 nitrogen and oxygen atoms in total. The highest BCUT2D eigenvalue weighted by Crippen LogP contribution is 2.39. The molecule has 0 radical (unpaired) electrons. The van der Waals surface area contributed by atoms with Crippen molar-refractivity contribution in [1.29, 1.82) is 0 Å². The lowest BCUT2D eigenvalue weighted by Crippen LogP contribution is -2.36. The summed E-state index contributed by atoms with van der Waals surface area (Å²) in [5.74, 6) is 0.960. The van der Waals surface area contributed by atoms with E-state index in [9.17, 15) is 9.18 Å². The molecule has 1 amide bonds. The molecule has 4 heterocycles. The van der Waals surface area contributed by atoms with Gasteiger partial charge in [0.05, 0.1) is 46.9 Å². The van der Waals surface area contributed by atoms with Crippen molar-refractivity contribution >= 4 is 23.2 Å². The van der Waals surface area contributed by atoms with Crippen LogP contribution < -0.4 is 4.74 Å². The van der Waals surface area contributed by atoms with Gasteiger partial charge in [0, 0.05) is 24.8 Å². The number of amides is 1. The Bertz CT molecular complexity index is 1310. The van der Waals surface area contributed by atoms with Crippen LogP contribution in [0.25, 0.3) is 5.65 Å². The summed E-state index contributed by atoms with van der Waals surface area (Å²) >= 11 is 6.34. The maximum atomic E-state index is 14.1. The Morgan fingerprint density at radius 3 is 2.86 bits per heavy atom. The normalized spacial score (nSPS) is 23.5. The molecule has 2 aliphatic heterocycles. The molecular weight excluding hydrogens is 471 g/mol. The Balaban J connectivity index is 1.17. The fourth-order valence-electron chi connectivity index (χ4n) is 5.58. The van der Waals surface area contributed by atoms with Crippen molar-refractivity contribution < 1.29 is 18.7 Å². The van der Waals surface area contributed by atoms with E-state index in [1.165, 1.54) is 18.2 Å². The summed E-state index contributed by atoms with van der Waals surface area (Å²) < 4.78 is 27.5. The highest BCUT2D eigenvalue weighted by molar-refractivity contribution is 6.31. The molecule has 3 aromatic rings. The summed E-state index contributed by atoms with van der Waals surface area (Å²) in [6, 6.07) is 4.16. The zero-order valence-corrected chi connectivity index (χ0v) is 20.6. The number of fused-ring (bicyclic) bond motifs is 3. The van der Waals surface area contributed by atoms with E-state index in [1.807, 2.05) is 13.8 Å². The van der Waals surface area contributed by atoms with E-state index in [0.717, 1.165) is 67.2 Å². The number of aromatic nitrogens is 3. The summed E-state index contributed by atoms with van der Waals surface area (Å²) in [5, 5.41) is 5.25. The molecule has 6 rings (SSSR count). The van der Waals surface area contributed by atoms with Gasteiger partial charge in [-0.25, -0.2) is 13.9 Å². The molecule has 3 aliphatic rings. The van der Waals surface area contributed by atoms with Crippen LogP contribution in [0.15, 0.2) is 18.2 Å². The molecule has 1 atom stereocenters. The summed E-state index contributed by atoms with van der Waals surface area (Å²) in [4.78, 5) is 19.8. The van der Waals surface area contributed by atoms with Crippen LogP contribution in [0.5, 0.6) is 5.75 Å². The number of ether oxygens (including phenoxy) is 2. The van der Waals surface area contributed by atoms with Gasteiger partial charge < -0.3 is 14.4 Å². The molecule has 35 heavy (non-hydrogen) atoms. The van der Waals surface area contributed by atoms with Crippen LogP contribution in [0.2, 0.25) is 5.02 Å². The minimum Gasteiger partial charge on any atom is -0.489 e. The van der Waals surface area contributed by atoms with E-state index in [0.29, 0.717) is 41.3 Å². The second-order valence-electron chi connectivity index (χ2n) is 10.1. The van der Waals surface area contributed by atoms with Gasteiger partial charge in [0.1, 0.15) is 11.6 Å². The van der Waals surface area contributed by atoms with Crippen molar-refractivity contribution in [3.8, 4) is 5.75 Å². The molecule has 2 aromatic heterocycles. The number of halogens is 2. The minimum atomic E-state index is -0.412. The molecule has 2 fully saturated rings. The number of rotatable bonds is 5. The minimum absolute atomic E-state index is 0.00977. The number of benzene rings is 1. The lowest BCUT2D eigenvalue weighted by molar-refractivity contribution is 0.0479. The lowest BCUT2D eigenvalue weighted by atomic mass is 9.76. The SMILES string of the molecule is Cc1nc2c3c(nn2c(C)c1Cl)CN(C(=O)c1ccc(F)cc1OC1CC(CC2CCOC2)C1)C3. The molecular formula is C26H28ClFN4O3. The fourth-order valence-corrected chi connectivity index (χ4v) is 5.70. The number of aryl methyl sites for hydroxylation is 2. The van der Waals surface area contributed by atoms with E-state index in [-0.39, 0.29) is 12.0 Å². The van der Waals surface area contributed by atoms with Gasteiger partial charge in [0.2, 0.25) is 0 Å². The molecule has 9 heteroatoms. The third kappa shape index (κ3) is 4.06. The van der Waals surface area contributed by atoms with Crippen molar-refractivity contribution in [2.24, 2.45) is 11.8 Å². The first-order chi connectivity index (χ1) is 16.9. The number of carbonyl (C=O) groups is 1. The average Bonchev–Trinajstić information content (AvgIpc) is 3.53. The van der Waals surface area contributed by atoms with Gasteiger partial charge in [-0.3, -0.25) is 4.79 Å². The zero-order chi connectivity index (χ0) is 24.3. The second-order valence-corrected chi connectivity index (χ2v) is 10.5. The van der Waals surface area contributed by atoms with Gasteiger partial charge in [0.15, 0.2) is 5.65 Å². The Kier molecular flexibility index (Phi) is 5.68. The van der Waals surface area contributed by atoms with E-state index < -0.39 is 5.82 Å². The Morgan fingerprint density at radius 2 is 2.09 bits per heavy atom. The zero-order valence-electron chi connectivity index (χ0n) is 19.9. The molecule has 1 saturated carbocycles. The molecule has 0 spiro atoms. The van der Waals surface area contributed by atoms with Crippen molar-refractivity contribution in [2.45, 2.75) is 58.7 Å². The quantitative estimate of drug-likeness (QED) is 0.501. The molecule has 0 bridgehead atoms. The number of carbonyl (C=O) groups excluding carboxylic acids is 1. The van der Waals surface area contributed by atoms with Gasteiger partial charge >= 0.3 is 0 Å². The molecule has 0 N–H and O–H groups in total. The van der Waals surface area contributed by atoms with E-state index in [4.69, 9.17) is 21.1 Å². The summed E-state index contributed by atoms with van der Waals surface area (Å²) in [6.45, 7) is 6.23. The second kappa shape index (κ2) is 8.75. The third-order valence-electron chi connectivity index (χ3n) is 7.59. The van der Waals surface area contributed by atoms with Gasteiger partial charge in [0.25, 0.3) is 5.91 Å². The Morgan fingerprint density at radius 1 is 1.26 bits per heavy atom. The van der Waals surface area contributed by atoms with E-state index in [1.54, 1.807) is 9.42 Å². The smallest absolute Gasteiger partial charge is 0.258 e. The maximum Gasteiger partial charge on any atom is 0.258 e. The summed E-state index contributed by atoms with van der Waals surface area (Å²) in [6.07, 6.45) is 4.16. The molecule has 1 unspecified atom stereocenters.